The van der Waals surface area contributed by atoms with E-state index in [-0.39, 0.29) is 6.04 Å². The lowest BCUT2D eigenvalue weighted by Gasteiger charge is -2.19. The van der Waals surface area contributed by atoms with Gasteiger partial charge in [0.25, 0.3) is 0 Å². The zero-order valence-electron chi connectivity index (χ0n) is 16.6. The molecule has 5 nitrogen and oxygen atoms in total. The summed E-state index contributed by atoms with van der Waals surface area (Å²) in [5, 5.41) is 7.77. The molecule has 0 amide bonds. The molecule has 0 aliphatic carbocycles. The van der Waals surface area contributed by atoms with E-state index < -0.39 is 11.7 Å². The number of benzene rings is 1. The van der Waals surface area contributed by atoms with Crippen molar-refractivity contribution in [1.29, 1.82) is 0 Å². The summed E-state index contributed by atoms with van der Waals surface area (Å²) in [5.41, 5.74) is 0.282. The molecule has 29 heavy (non-hydrogen) atoms. The minimum absolute atomic E-state index is 0.255. The maximum absolute atomic E-state index is 12.7. The average molecular weight is 426 g/mol. The van der Waals surface area contributed by atoms with Crippen LogP contribution in [0.1, 0.15) is 34.4 Å². The van der Waals surface area contributed by atoms with Gasteiger partial charge in [0.05, 0.1) is 17.1 Å². The van der Waals surface area contributed by atoms with Crippen LogP contribution in [0.5, 0.6) is 0 Å². The Morgan fingerprint density at radius 3 is 2.69 bits per heavy atom. The van der Waals surface area contributed by atoms with E-state index in [1.807, 2.05) is 20.0 Å². The first-order valence-electron chi connectivity index (χ1n) is 9.68. The fourth-order valence-corrected chi connectivity index (χ4v) is 4.02. The molecule has 1 aromatic heterocycles. The van der Waals surface area contributed by atoms with Crippen LogP contribution in [0.4, 0.5) is 13.2 Å². The summed E-state index contributed by atoms with van der Waals surface area (Å²) >= 11 is 1.64. The molecular weight excluding hydrogens is 399 g/mol. The van der Waals surface area contributed by atoms with Crippen molar-refractivity contribution in [3.8, 4) is 0 Å². The minimum Gasteiger partial charge on any atom is -0.357 e. The summed E-state index contributed by atoms with van der Waals surface area (Å²) in [6.45, 7) is 7.73. The van der Waals surface area contributed by atoms with Crippen molar-refractivity contribution in [1.82, 2.24) is 20.5 Å². The van der Waals surface area contributed by atoms with Gasteiger partial charge in [-0.1, -0.05) is 12.1 Å². The molecule has 3 rings (SSSR count). The molecule has 1 aliphatic rings. The first-order chi connectivity index (χ1) is 13.8. The van der Waals surface area contributed by atoms with Gasteiger partial charge in [0.1, 0.15) is 0 Å². The van der Waals surface area contributed by atoms with Gasteiger partial charge in [0.2, 0.25) is 0 Å². The normalized spacial score (nSPS) is 18.2. The van der Waals surface area contributed by atoms with Crippen LogP contribution in [-0.4, -0.2) is 41.5 Å². The van der Waals surface area contributed by atoms with Crippen LogP contribution in [0, 0.1) is 6.92 Å². The number of aromatic nitrogens is 1. The monoisotopic (exact) mass is 425 g/mol. The Labute approximate surface area is 173 Å². The smallest absolute Gasteiger partial charge is 0.357 e. The molecule has 0 bridgehead atoms. The second-order valence-corrected chi connectivity index (χ2v) is 8.42. The number of aryl methyl sites for hydroxylation is 1. The molecule has 2 aromatic rings. The highest BCUT2D eigenvalue weighted by molar-refractivity contribution is 7.11. The predicted octanol–water partition coefficient (Wildman–Crippen LogP) is 3.80. The van der Waals surface area contributed by atoms with Crippen LogP contribution < -0.4 is 10.6 Å². The topological polar surface area (TPSA) is 52.6 Å². The lowest BCUT2D eigenvalue weighted by atomic mass is 10.1. The van der Waals surface area contributed by atoms with Crippen LogP contribution in [0.3, 0.4) is 0 Å². The average Bonchev–Trinajstić information content (AvgIpc) is 3.28. The molecule has 2 N–H and O–H groups in total. The lowest BCUT2D eigenvalue weighted by molar-refractivity contribution is -0.137. The Kier molecular flexibility index (Phi) is 7.13. The van der Waals surface area contributed by atoms with Gasteiger partial charge < -0.3 is 10.6 Å². The number of likely N-dealkylation sites (tertiary alicyclic amines) is 1. The van der Waals surface area contributed by atoms with Crippen LogP contribution >= 0.6 is 11.3 Å². The molecule has 158 valence electrons. The molecule has 1 atom stereocenters. The van der Waals surface area contributed by atoms with Crippen molar-refractivity contribution in [2.45, 2.75) is 45.6 Å². The van der Waals surface area contributed by atoms with Gasteiger partial charge in [-0.25, -0.2) is 9.98 Å². The number of aliphatic imine (C=N–C) groups is 1. The fraction of sp³-hybridized carbons (Fsp3) is 0.500. The van der Waals surface area contributed by atoms with Crippen molar-refractivity contribution in [3.05, 3.63) is 51.5 Å². The Morgan fingerprint density at radius 2 is 2.07 bits per heavy atom. The molecule has 0 saturated carbocycles. The van der Waals surface area contributed by atoms with Crippen molar-refractivity contribution in [2.75, 3.05) is 19.6 Å². The molecule has 1 saturated heterocycles. The summed E-state index contributed by atoms with van der Waals surface area (Å²) in [7, 11) is 0. The first kappa shape index (κ1) is 21.6. The molecule has 2 heterocycles. The first-order valence-corrected chi connectivity index (χ1v) is 10.5. The van der Waals surface area contributed by atoms with E-state index in [0.717, 1.165) is 59.6 Å². The minimum atomic E-state index is -4.29. The van der Waals surface area contributed by atoms with E-state index in [2.05, 4.69) is 25.5 Å². The Bertz CT molecular complexity index is 816. The summed E-state index contributed by atoms with van der Waals surface area (Å²) < 4.78 is 38.1. The molecule has 0 radical (unpaired) electrons. The number of halogens is 3. The fourth-order valence-electron chi connectivity index (χ4n) is 3.30. The third-order valence-electron chi connectivity index (χ3n) is 4.71. The number of thiazole rings is 1. The van der Waals surface area contributed by atoms with Crippen LogP contribution in [0.15, 0.2) is 35.5 Å². The third-order valence-corrected chi connectivity index (χ3v) is 5.60. The van der Waals surface area contributed by atoms with Gasteiger partial charge in [-0.2, -0.15) is 13.2 Å². The standard InChI is InChI=1S/C20H26F3N5S/c1-3-24-19(26-11-18-10-25-14(2)29-18)27-17-8-9-28(13-17)12-15-4-6-16(7-5-15)20(21,22)23/h4-7,10,17H,3,8-9,11-13H2,1-2H3,(H2,24,26,27). The van der Waals surface area contributed by atoms with Crippen molar-refractivity contribution >= 4 is 17.3 Å². The van der Waals surface area contributed by atoms with Crippen molar-refractivity contribution in [3.63, 3.8) is 0 Å². The molecule has 9 heteroatoms. The number of alkyl halides is 3. The summed E-state index contributed by atoms with van der Waals surface area (Å²) in [4.78, 5) is 12.3. The quantitative estimate of drug-likeness (QED) is 0.546. The second kappa shape index (κ2) is 9.58. The van der Waals surface area contributed by atoms with Crippen LogP contribution in [-0.2, 0) is 19.3 Å². The van der Waals surface area contributed by atoms with E-state index in [1.54, 1.807) is 23.5 Å². The van der Waals surface area contributed by atoms with Gasteiger partial charge >= 0.3 is 6.18 Å². The number of nitrogens with one attached hydrogen (secondary N) is 2. The van der Waals surface area contributed by atoms with E-state index in [9.17, 15) is 13.2 Å². The summed E-state index contributed by atoms with van der Waals surface area (Å²) in [6.07, 6.45) is -1.47. The Hall–Kier alpha value is -2.13. The van der Waals surface area contributed by atoms with E-state index in [4.69, 9.17) is 0 Å². The Balaban J connectivity index is 1.52. The number of hydrogen-bond donors (Lipinski definition) is 2. The highest BCUT2D eigenvalue weighted by Gasteiger charge is 2.30. The highest BCUT2D eigenvalue weighted by atomic mass is 32.1. The van der Waals surface area contributed by atoms with Crippen molar-refractivity contribution < 1.29 is 13.2 Å². The maximum Gasteiger partial charge on any atom is 0.416 e. The molecule has 1 unspecified atom stereocenters. The van der Waals surface area contributed by atoms with Gasteiger partial charge in [-0.3, -0.25) is 4.90 Å². The largest absolute Gasteiger partial charge is 0.416 e. The van der Waals surface area contributed by atoms with Gasteiger partial charge in [-0.05, 0) is 38.0 Å². The SMILES string of the molecule is CCNC(=NCc1cnc(C)s1)NC1CCN(Cc2ccc(C(F)(F)F)cc2)C1. The van der Waals surface area contributed by atoms with Crippen LogP contribution in [0.25, 0.3) is 0 Å². The second-order valence-electron chi connectivity index (χ2n) is 7.10. The predicted molar refractivity (Wildman–Crippen MR) is 110 cm³/mol. The highest BCUT2D eigenvalue weighted by Crippen LogP contribution is 2.29. The van der Waals surface area contributed by atoms with E-state index in [1.165, 1.54) is 0 Å². The maximum atomic E-state index is 12.7. The summed E-state index contributed by atoms with van der Waals surface area (Å²) in [5.74, 6) is 0.778. The van der Waals surface area contributed by atoms with E-state index in [0.29, 0.717) is 13.1 Å². The molecule has 1 aliphatic heterocycles. The lowest BCUT2D eigenvalue weighted by Crippen LogP contribution is -2.44. The molecule has 0 spiro atoms. The van der Waals surface area contributed by atoms with Crippen molar-refractivity contribution in [2.24, 2.45) is 4.99 Å². The third kappa shape index (κ3) is 6.43. The number of guanidine groups is 1. The van der Waals surface area contributed by atoms with Gasteiger partial charge in [0, 0.05) is 43.3 Å². The zero-order chi connectivity index (χ0) is 20.9. The molecular formula is C20H26F3N5S. The number of rotatable bonds is 6. The number of hydrogen-bond acceptors (Lipinski definition) is 4. The van der Waals surface area contributed by atoms with Crippen LogP contribution in [0.2, 0.25) is 0 Å². The molecule has 1 aromatic carbocycles. The van der Waals surface area contributed by atoms with E-state index >= 15 is 0 Å². The summed E-state index contributed by atoms with van der Waals surface area (Å²) in [6, 6.07) is 5.68. The molecule has 1 fully saturated rings. The van der Waals surface area contributed by atoms with Gasteiger partial charge in [0.15, 0.2) is 5.96 Å². The Morgan fingerprint density at radius 1 is 1.31 bits per heavy atom. The number of nitrogens with zero attached hydrogens (tertiary/aromatic N) is 3. The zero-order valence-corrected chi connectivity index (χ0v) is 17.4. The van der Waals surface area contributed by atoms with Gasteiger partial charge in [-0.15, -0.1) is 11.3 Å².